The first kappa shape index (κ1) is 21.0. The highest BCUT2D eigenvalue weighted by molar-refractivity contribution is 9.10. The molecule has 146 valence electrons. The summed E-state index contributed by atoms with van der Waals surface area (Å²) in [5.41, 5.74) is 1.76. The van der Waals surface area contributed by atoms with Crippen LogP contribution < -0.4 is 9.47 Å². The van der Waals surface area contributed by atoms with E-state index in [0.717, 1.165) is 36.7 Å². The van der Waals surface area contributed by atoms with Crippen LogP contribution >= 0.6 is 43.6 Å². The lowest BCUT2D eigenvalue weighted by molar-refractivity contribution is -0.121. The van der Waals surface area contributed by atoms with Gasteiger partial charge in [0.1, 0.15) is 6.61 Å². The van der Waals surface area contributed by atoms with Crippen molar-refractivity contribution in [3.63, 3.8) is 0 Å². The number of hydrogen-bond donors (Lipinski definition) is 0. The second kappa shape index (κ2) is 9.15. The summed E-state index contributed by atoms with van der Waals surface area (Å²) in [5.74, 6) is 0.859. The molecule has 0 N–H and O–H groups in total. The van der Waals surface area contributed by atoms with Gasteiger partial charge in [-0.2, -0.15) is 0 Å². The van der Waals surface area contributed by atoms with Gasteiger partial charge in [-0.3, -0.25) is 14.5 Å². The van der Waals surface area contributed by atoms with Crippen molar-refractivity contribution in [2.45, 2.75) is 13.5 Å². The summed E-state index contributed by atoms with van der Waals surface area (Å²) in [6.45, 7) is 2.76. The first-order valence-electron chi connectivity index (χ1n) is 8.44. The van der Waals surface area contributed by atoms with Gasteiger partial charge in [-0.1, -0.05) is 44.0 Å². The van der Waals surface area contributed by atoms with E-state index in [2.05, 4.69) is 31.9 Å². The Balaban J connectivity index is 1.86. The molecule has 2 aromatic carbocycles. The number of hydrogen-bond acceptors (Lipinski definition) is 5. The minimum atomic E-state index is -0.310. The van der Waals surface area contributed by atoms with Crippen LogP contribution in [-0.2, 0) is 11.4 Å². The normalized spacial score (nSPS) is 15.4. The summed E-state index contributed by atoms with van der Waals surface area (Å²) < 4.78 is 13.4. The van der Waals surface area contributed by atoms with E-state index in [1.54, 1.807) is 12.1 Å². The van der Waals surface area contributed by atoms with E-state index in [4.69, 9.17) is 9.47 Å². The van der Waals surface area contributed by atoms with Crippen LogP contribution in [0.3, 0.4) is 0 Å². The van der Waals surface area contributed by atoms with E-state index >= 15 is 0 Å². The number of carbonyl (C=O) groups is 2. The van der Waals surface area contributed by atoms with Gasteiger partial charge in [-0.15, -0.1) is 0 Å². The van der Waals surface area contributed by atoms with Gasteiger partial charge in [-0.25, -0.2) is 0 Å². The summed E-state index contributed by atoms with van der Waals surface area (Å²) in [6.07, 6.45) is 1.68. The number of carbonyl (C=O) groups excluding carboxylic acids is 2. The Morgan fingerprint density at radius 3 is 2.36 bits per heavy atom. The fourth-order valence-electron chi connectivity index (χ4n) is 2.47. The second-order valence-corrected chi connectivity index (χ2v) is 8.67. The van der Waals surface area contributed by atoms with E-state index in [-0.39, 0.29) is 11.1 Å². The van der Waals surface area contributed by atoms with Crippen molar-refractivity contribution in [3.8, 4) is 11.5 Å². The molecule has 0 radical (unpaired) electrons. The third-order valence-corrected chi connectivity index (χ3v) is 6.12. The molecule has 0 atom stereocenters. The zero-order valence-electron chi connectivity index (χ0n) is 15.2. The van der Waals surface area contributed by atoms with Crippen LogP contribution in [0, 0.1) is 0 Å². The molecule has 2 aromatic rings. The average Bonchev–Trinajstić information content (AvgIpc) is 2.91. The number of nitrogens with zero attached hydrogens (tertiary/aromatic N) is 1. The number of imide groups is 1. The van der Waals surface area contributed by atoms with E-state index in [9.17, 15) is 9.59 Å². The predicted octanol–water partition coefficient (Wildman–Crippen LogP) is 5.86. The first-order valence-corrected chi connectivity index (χ1v) is 10.8. The standard InChI is InChI=1S/C20H17Br2NO4S/c1-3-26-16-8-13(9-18-19(24)23(2)20(25)28-18)15(22)10-17(16)27-11-12-4-6-14(21)7-5-12/h4-10H,3,11H2,1-2H3/b18-9-. The minimum absolute atomic E-state index is 0.285. The molecule has 8 heteroatoms. The van der Waals surface area contributed by atoms with Gasteiger partial charge in [-0.05, 0) is 60.2 Å². The van der Waals surface area contributed by atoms with Crippen molar-refractivity contribution in [2.24, 2.45) is 0 Å². The predicted molar refractivity (Wildman–Crippen MR) is 118 cm³/mol. The van der Waals surface area contributed by atoms with Crippen LogP contribution in [0.2, 0.25) is 0 Å². The van der Waals surface area contributed by atoms with Gasteiger partial charge in [0.2, 0.25) is 0 Å². The Morgan fingerprint density at radius 2 is 1.75 bits per heavy atom. The lowest BCUT2D eigenvalue weighted by atomic mass is 10.1. The highest BCUT2D eigenvalue weighted by Crippen LogP contribution is 2.38. The van der Waals surface area contributed by atoms with Crippen molar-refractivity contribution in [2.75, 3.05) is 13.7 Å². The zero-order chi connectivity index (χ0) is 20.3. The van der Waals surface area contributed by atoms with Crippen LogP contribution in [0.4, 0.5) is 4.79 Å². The third-order valence-electron chi connectivity index (χ3n) is 3.94. The summed E-state index contributed by atoms with van der Waals surface area (Å²) in [7, 11) is 1.47. The largest absolute Gasteiger partial charge is 0.490 e. The van der Waals surface area contributed by atoms with Crippen molar-refractivity contribution in [1.82, 2.24) is 4.90 Å². The monoisotopic (exact) mass is 525 g/mol. The van der Waals surface area contributed by atoms with Crippen LogP contribution in [0.15, 0.2) is 50.2 Å². The zero-order valence-corrected chi connectivity index (χ0v) is 19.2. The quantitative estimate of drug-likeness (QED) is 0.441. The van der Waals surface area contributed by atoms with Crippen molar-refractivity contribution in [3.05, 3.63) is 61.4 Å². The Hall–Kier alpha value is -1.77. The molecule has 0 aromatic heterocycles. The summed E-state index contributed by atoms with van der Waals surface area (Å²) >= 11 is 7.86. The molecule has 0 unspecified atom stereocenters. The summed E-state index contributed by atoms with van der Waals surface area (Å²) in [5, 5.41) is -0.285. The maximum Gasteiger partial charge on any atom is 0.293 e. The summed E-state index contributed by atoms with van der Waals surface area (Å²) in [6, 6.07) is 11.5. The second-order valence-electron chi connectivity index (χ2n) is 5.91. The van der Waals surface area contributed by atoms with Crippen molar-refractivity contribution in [1.29, 1.82) is 0 Å². The Labute approximate surface area is 184 Å². The van der Waals surface area contributed by atoms with Crippen LogP contribution in [0.5, 0.6) is 11.5 Å². The van der Waals surface area contributed by atoms with E-state index in [0.29, 0.717) is 29.6 Å². The Morgan fingerprint density at radius 1 is 1.07 bits per heavy atom. The highest BCUT2D eigenvalue weighted by Gasteiger charge is 2.32. The van der Waals surface area contributed by atoms with E-state index in [1.165, 1.54) is 7.05 Å². The molecular weight excluding hydrogens is 510 g/mol. The fourth-order valence-corrected chi connectivity index (χ4v) is 3.99. The van der Waals surface area contributed by atoms with Crippen molar-refractivity contribution >= 4 is 60.8 Å². The summed E-state index contributed by atoms with van der Waals surface area (Å²) in [4.78, 5) is 25.3. The molecule has 1 heterocycles. The van der Waals surface area contributed by atoms with E-state index in [1.807, 2.05) is 37.3 Å². The molecular formula is C20H17Br2NO4S. The Kier molecular flexibility index (Phi) is 6.85. The minimum Gasteiger partial charge on any atom is -0.490 e. The van der Waals surface area contributed by atoms with Gasteiger partial charge in [0.25, 0.3) is 11.1 Å². The van der Waals surface area contributed by atoms with E-state index < -0.39 is 0 Å². The van der Waals surface area contributed by atoms with Crippen molar-refractivity contribution < 1.29 is 19.1 Å². The maximum atomic E-state index is 12.1. The first-order chi connectivity index (χ1) is 13.4. The highest BCUT2D eigenvalue weighted by atomic mass is 79.9. The average molecular weight is 527 g/mol. The topological polar surface area (TPSA) is 55.8 Å². The molecule has 0 spiro atoms. The lowest BCUT2D eigenvalue weighted by Crippen LogP contribution is -2.22. The number of rotatable bonds is 6. The smallest absolute Gasteiger partial charge is 0.293 e. The van der Waals surface area contributed by atoms with Crippen LogP contribution in [-0.4, -0.2) is 29.7 Å². The molecule has 1 saturated heterocycles. The number of ether oxygens (including phenoxy) is 2. The van der Waals surface area contributed by atoms with Gasteiger partial charge >= 0.3 is 0 Å². The number of likely N-dealkylation sites (N-methyl/N-ethyl adjacent to an activating group) is 1. The van der Waals surface area contributed by atoms with Crippen LogP contribution in [0.1, 0.15) is 18.1 Å². The van der Waals surface area contributed by atoms with Gasteiger partial charge in [0.05, 0.1) is 11.5 Å². The van der Waals surface area contributed by atoms with Crippen LogP contribution in [0.25, 0.3) is 6.08 Å². The molecule has 0 bridgehead atoms. The third kappa shape index (κ3) is 4.79. The maximum absolute atomic E-state index is 12.1. The number of thioether (sulfide) groups is 1. The molecule has 0 aliphatic carbocycles. The van der Waals surface area contributed by atoms with Gasteiger partial charge in [0.15, 0.2) is 11.5 Å². The van der Waals surface area contributed by atoms with Gasteiger partial charge in [0, 0.05) is 16.0 Å². The lowest BCUT2D eigenvalue weighted by Gasteiger charge is -2.14. The Bertz CT molecular complexity index is 944. The number of halogens is 2. The molecule has 1 aliphatic rings. The number of benzene rings is 2. The molecule has 0 saturated carbocycles. The molecule has 2 amide bonds. The fraction of sp³-hybridized carbons (Fsp3) is 0.200. The SMILES string of the molecule is CCOc1cc(/C=C2\SC(=O)N(C)C2=O)c(Br)cc1OCc1ccc(Br)cc1. The molecule has 3 rings (SSSR count). The molecule has 28 heavy (non-hydrogen) atoms. The molecule has 1 aliphatic heterocycles. The number of amides is 2. The molecule has 1 fully saturated rings. The van der Waals surface area contributed by atoms with Gasteiger partial charge < -0.3 is 9.47 Å². The molecule has 5 nitrogen and oxygen atoms in total.